The van der Waals surface area contributed by atoms with Gasteiger partial charge in [-0.05, 0) is 125 Å². The molecule has 0 unspecified atom stereocenters. The van der Waals surface area contributed by atoms with Crippen LogP contribution in [0, 0.1) is 0 Å². The highest BCUT2D eigenvalue weighted by Crippen LogP contribution is 2.41. The van der Waals surface area contributed by atoms with Gasteiger partial charge in [0.15, 0.2) is 0 Å². The molecule has 0 saturated heterocycles. The van der Waals surface area contributed by atoms with E-state index >= 15 is 0 Å². The predicted octanol–water partition coefficient (Wildman–Crippen LogP) is 15.3. The Morgan fingerprint density at radius 1 is 0.218 bits per heavy atom. The fourth-order valence-electron chi connectivity index (χ4n) is 8.03. The first kappa shape index (κ1) is 32.4. The third kappa shape index (κ3) is 6.22. The number of hydrogen-bond donors (Lipinski definition) is 0. The van der Waals surface area contributed by atoms with Crippen molar-refractivity contribution in [3.8, 4) is 44.5 Å². The average molecular weight is 700 g/mol. The van der Waals surface area contributed by atoms with Crippen LogP contribution in [0.5, 0.6) is 0 Å². The second-order valence-electron chi connectivity index (χ2n) is 14.2. The van der Waals surface area contributed by atoms with E-state index < -0.39 is 0 Å². The molecule has 0 fully saturated rings. The van der Waals surface area contributed by atoms with Gasteiger partial charge in [-0.2, -0.15) is 0 Å². The number of hydrogen-bond acceptors (Lipinski definition) is 1. The molecule has 0 atom stereocenters. The van der Waals surface area contributed by atoms with Crippen molar-refractivity contribution in [2.45, 2.75) is 0 Å². The first-order valence-electron chi connectivity index (χ1n) is 18.9. The highest BCUT2D eigenvalue weighted by Gasteiger charge is 2.16. The van der Waals surface area contributed by atoms with Crippen LogP contribution in [0.25, 0.3) is 76.8 Å². The van der Waals surface area contributed by atoms with Gasteiger partial charge in [-0.3, -0.25) is 0 Å². The Balaban J connectivity index is 1.08. The number of fused-ring (bicyclic) bond motifs is 3. The van der Waals surface area contributed by atoms with Gasteiger partial charge in [0.2, 0.25) is 0 Å². The maximum absolute atomic E-state index is 2.37. The molecule has 0 bridgehead atoms. The monoisotopic (exact) mass is 699 g/mol. The Bertz CT molecular complexity index is 2940. The van der Waals surface area contributed by atoms with E-state index in [4.69, 9.17) is 0 Å². The summed E-state index contributed by atoms with van der Waals surface area (Å²) in [6.45, 7) is 0. The summed E-state index contributed by atoms with van der Waals surface area (Å²) >= 11 is 0. The van der Waals surface area contributed by atoms with Crippen molar-refractivity contribution in [3.63, 3.8) is 0 Å². The largest absolute Gasteiger partial charge is 0.310 e. The second kappa shape index (κ2) is 14.0. The normalized spacial score (nSPS) is 11.3. The molecule has 0 spiro atoms. The van der Waals surface area contributed by atoms with Crippen molar-refractivity contribution in [2.75, 3.05) is 4.90 Å². The standard InChI is InChI=1S/C54H37N/c1-3-11-38(12-4-1)40-25-30-49(31-26-40)55(51-34-27-41-22-24-47(36-48(41)37-51)46-23-21-39-13-7-8-16-45(39)35-46)50-32-28-43(29-33-50)53-20-10-18-44-17-9-19-52(54(44)53)42-14-5-2-6-15-42/h1-37H. The third-order valence-corrected chi connectivity index (χ3v) is 10.8. The lowest BCUT2D eigenvalue weighted by atomic mass is 9.91. The lowest BCUT2D eigenvalue weighted by molar-refractivity contribution is 1.29. The molecule has 1 nitrogen and oxygen atoms in total. The summed E-state index contributed by atoms with van der Waals surface area (Å²) in [5.41, 5.74) is 13.1. The van der Waals surface area contributed by atoms with Crippen molar-refractivity contribution in [1.82, 2.24) is 0 Å². The summed E-state index contributed by atoms with van der Waals surface area (Å²) in [6.07, 6.45) is 0. The van der Waals surface area contributed by atoms with Crippen LogP contribution in [-0.4, -0.2) is 0 Å². The summed E-state index contributed by atoms with van der Waals surface area (Å²) in [4.78, 5) is 2.37. The predicted molar refractivity (Wildman–Crippen MR) is 235 cm³/mol. The van der Waals surface area contributed by atoms with Gasteiger partial charge >= 0.3 is 0 Å². The van der Waals surface area contributed by atoms with E-state index in [1.54, 1.807) is 0 Å². The van der Waals surface area contributed by atoms with Crippen molar-refractivity contribution in [1.29, 1.82) is 0 Å². The summed E-state index contributed by atoms with van der Waals surface area (Å²) in [6, 6.07) is 81.5. The van der Waals surface area contributed by atoms with Crippen LogP contribution in [0.3, 0.4) is 0 Å². The van der Waals surface area contributed by atoms with E-state index in [0.717, 1.165) is 17.1 Å². The van der Waals surface area contributed by atoms with Crippen molar-refractivity contribution >= 4 is 49.4 Å². The Kier molecular flexibility index (Phi) is 8.24. The van der Waals surface area contributed by atoms with Gasteiger partial charge in [-0.1, -0.05) is 176 Å². The van der Waals surface area contributed by atoms with Gasteiger partial charge in [0.25, 0.3) is 0 Å². The zero-order valence-electron chi connectivity index (χ0n) is 30.3. The van der Waals surface area contributed by atoms with Crippen molar-refractivity contribution in [3.05, 3.63) is 224 Å². The maximum Gasteiger partial charge on any atom is 0.0468 e. The van der Waals surface area contributed by atoms with Crippen LogP contribution in [0.4, 0.5) is 17.1 Å². The van der Waals surface area contributed by atoms with Gasteiger partial charge in [-0.15, -0.1) is 0 Å². The molecular formula is C54H37N. The van der Waals surface area contributed by atoms with Gasteiger partial charge in [-0.25, -0.2) is 0 Å². The molecule has 10 aromatic rings. The molecule has 0 radical (unpaired) electrons. The SMILES string of the molecule is c1ccc(-c2ccc(N(c3ccc(-c4cccc5cccc(-c6ccccc6)c45)cc3)c3ccc4ccc(-c5ccc6ccccc6c5)cc4c3)cc2)cc1. The van der Waals surface area contributed by atoms with Gasteiger partial charge in [0, 0.05) is 17.1 Å². The molecule has 0 heterocycles. The Labute approximate surface area is 322 Å². The lowest BCUT2D eigenvalue weighted by Gasteiger charge is -2.26. The van der Waals surface area contributed by atoms with Gasteiger partial charge < -0.3 is 4.90 Å². The molecule has 0 aromatic heterocycles. The minimum Gasteiger partial charge on any atom is -0.310 e. The van der Waals surface area contributed by atoms with E-state index in [0.29, 0.717) is 0 Å². The van der Waals surface area contributed by atoms with Crippen LogP contribution < -0.4 is 4.90 Å². The van der Waals surface area contributed by atoms with E-state index in [9.17, 15) is 0 Å². The summed E-state index contributed by atoms with van der Waals surface area (Å²) in [5, 5.41) is 7.44. The molecule has 0 aliphatic heterocycles. The number of rotatable bonds is 7. The third-order valence-electron chi connectivity index (χ3n) is 10.8. The molecule has 10 aromatic carbocycles. The van der Waals surface area contributed by atoms with Gasteiger partial charge in [0.05, 0.1) is 0 Å². The molecule has 1 heteroatoms. The van der Waals surface area contributed by atoms with E-state index in [2.05, 4.69) is 229 Å². The van der Waals surface area contributed by atoms with Crippen LogP contribution in [-0.2, 0) is 0 Å². The molecule has 0 N–H and O–H groups in total. The summed E-state index contributed by atoms with van der Waals surface area (Å²) in [5.74, 6) is 0. The molecule has 0 amide bonds. The molecule has 0 aliphatic carbocycles. The summed E-state index contributed by atoms with van der Waals surface area (Å²) in [7, 11) is 0. The number of anilines is 3. The topological polar surface area (TPSA) is 3.24 Å². The highest BCUT2D eigenvalue weighted by molar-refractivity contribution is 6.06. The quantitative estimate of drug-likeness (QED) is 0.160. The zero-order valence-corrected chi connectivity index (χ0v) is 30.3. The molecule has 258 valence electrons. The first-order chi connectivity index (χ1) is 27.2. The number of benzene rings is 10. The fraction of sp³-hybridized carbons (Fsp3) is 0. The summed E-state index contributed by atoms with van der Waals surface area (Å²) < 4.78 is 0. The molecular weight excluding hydrogens is 663 g/mol. The second-order valence-corrected chi connectivity index (χ2v) is 14.2. The smallest absolute Gasteiger partial charge is 0.0468 e. The van der Waals surface area contributed by atoms with E-state index in [1.807, 2.05) is 0 Å². The van der Waals surface area contributed by atoms with Crippen LogP contribution in [0.15, 0.2) is 224 Å². The average Bonchev–Trinajstić information content (AvgIpc) is 3.27. The van der Waals surface area contributed by atoms with Crippen LogP contribution >= 0.6 is 0 Å². The number of nitrogens with zero attached hydrogens (tertiary/aromatic N) is 1. The Morgan fingerprint density at radius 2 is 0.636 bits per heavy atom. The molecule has 55 heavy (non-hydrogen) atoms. The van der Waals surface area contributed by atoms with Gasteiger partial charge in [0.1, 0.15) is 0 Å². The Hall–Kier alpha value is -7.22. The highest BCUT2D eigenvalue weighted by atomic mass is 15.1. The van der Waals surface area contributed by atoms with E-state index in [1.165, 1.54) is 76.8 Å². The molecule has 10 rings (SSSR count). The molecule has 0 aliphatic rings. The zero-order chi connectivity index (χ0) is 36.6. The minimum atomic E-state index is 1.10. The molecule has 0 saturated carbocycles. The minimum absolute atomic E-state index is 1.10. The lowest BCUT2D eigenvalue weighted by Crippen LogP contribution is -2.09. The maximum atomic E-state index is 2.37. The van der Waals surface area contributed by atoms with Crippen LogP contribution in [0.2, 0.25) is 0 Å². The van der Waals surface area contributed by atoms with Crippen molar-refractivity contribution in [2.24, 2.45) is 0 Å². The fourth-order valence-corrected chi connectivity index (χ4v) is 8.03. The van der Waals surface area contributed by atoms with E-state index in [-0.39, 0.29) is 0 Å². The first-order valence-corrected chi connectivity index (χ1v) is 18.9. The Morgan fingerprint density at radius 3 is 1.27 bits per heavy atom. The van der Waals surface area contributed by atoms with Crippen LogP contribution in [0.1, 0.15) is 0 Å². The van der Waals surface area contributed by atoms with Crippen molar-refractivity contribution < 1.29 is 0 Å².